The molecule has 0 saturated carbocycles. The van der Waals surface area contributed by atoms with Crippen LogP contribution in [0.5, 0.6) is 11.5 Å². The van der Waals surface area contributed by atoms with Gasteiger partial charge in [-0.15, -0.1) is 0 Å². The number of hydrogen-bond acceptors (Lipinski definition) is 4. The van der Waals surface area contributed by atoms with Crippen molar-refractivity contribution < 1.29 is 14.9 Å². The van der Waals surface area contributed by atoms with Gasteiger partial charge in [0.2, 0.25) is 0 Å². The second-order valence-corrected chi connectivity index (χ2v) is 10.4. The second kappa shape index (κ2) is 5.11. The van der Waals surface area contributed by atoms with Crippen LogP contribution in [0.3, 0.4) is 0 Å². The number of likely N-dealkylation sites (tertiary alicyclic amines) is 1. The molecule has 4 atom stereocenters. The highest BCUT2D eigenvalue weighted by Crippen LogP contribution is 2.69. The summed E-state index contributed by atoms with van der Waals surface area (Å²) in [5.41, 5.74) is 6.17. The number of aromatic hydroxyl groups is 1. The fourth-order valence-electron chi connectivity index (χ4n) is 8.12. The SMILES string of the molecule is CN1CC[C@]23c4c5ccc(O)c4OC2c2c(c4cccc6c4n2CCC6)C[C@@]3(O)[C@H]1C5. The quantitative estimate of drug-likeness (QED) is 0.593. The molecular weight excluding hydrogens is 388 g/mol. The lowest BCUT2D eigenvalue weighted by Crippen LogP contribution is -2.74. The van der Waals surface area contributed by atoms with E-state index in [1.807, 2.05) is 0 Å². The van der Waals surface area contributed by atoms with Crippen LogP contribution in [0.4, 0.5) is 0 Å². The first-order valence-corrected chi connectivity index (χ1v) is 11.6. The molecule has 5 heteroatoms. The molecule has 1 spiro atoms. The number of likely N-dealkylation sites (N-methyl/N-ethyl adjacent to an activating group) is 1. The van der Waals surface area contributed by atoms with E-state index in [0.717, 1.165) is 44.3 Å². The number of fused-ring (bicyclic) bond motifs is 4. The maximum atomic E-state index is 12.6. The highest BCUT2D eigenvalue weighted by molar-refractivity contribution is 5.90. The Morgan fingerprint density at radius 3 is 2.94 bits per heavy atom. The van der Waals surface area contributed by atoms with E-state index in [2.05, 4.69) is 40.8 Å². The minimum absolute atomic E-state index is 0.0511. The largest absolute Gasteiger partial charge is 0.504 e. The van der Waals surface area contributed by atoms with Crippen molar-refractivity contribution in [2.24, 2.45) is 0 Å². The number of phenols is 1. The summed E-state index contributed by atoms with van der Waals surface area (Å²) >= 11 is 0. The van der Waals surface area contributed by atoms with Crippen molar-refractivity contribution in [2.75, 3.05) is 13.6 Å². The minimum atomic E-state index is -0.910. The van der Waals surface area contributed by atoms with Crippen molar-refractivity contribution in [2.45, 2.75) is 61.8 Å². The summed E-state index contributed by atoms with van der Waals surface area (Å²) in [5.74, 6) is 0.824. The smallest absolute Gasteiger partial charge is 0.166 e. The average molecular weight is 415 g/mol. The number of aromatic nitrogens is 1. The third-order valence-corrected chi connectivity index (χ3v) is 9.32. The van der Waals surface area contributed by atoms with Crippen molar-refractivity contribution in [1.82, 2.24) is 9.47 Å². The van der Waals surface area contributed by atoms with Crippen LogP contribution in [0.15, 0.2) is 30.3 Å². The number of para-hydroxylation sites is 1. The van der Waals surface area contributed by atoms with Crippen LogP contribution < -0.4 is 4.74 Å². The van der Waals surface area contributed by atoms with Crippen molar-refractivity contribution >= 4 is 10.9 Å². The Kier molecular flexibility index (Phi) is 2.82. The highest BCUT2D eigenvalue weighted by atomic mass is 16.5. The van der Waals surface area contributed by atoms with Crippen molar-refractivity contribution in [3.8, 4) is 11.5 Å². The van der Waals surface area contributed by atoms with Gasteiger partial charge in [0.05, 0.1) is 22.2 Å². The first kappa shape index (κ1) is 17.1. The summed E-state index contributed by atoms with van der Waals surface area (Å²) in [5, 5.41) is 24.7. The Hall–Kier alpha value is -2.50. The number of hydrogen-bond donors (Lipinski definition) is 2. The van der Waals surface area contributed by atoms with Gasteiger partial charge >= 0.3 is 0 Å². The molecular formula is C26H26N2O3. The first-order valence-electron chi connectivity index (χ1n) is 11.6. The van der Waals surface area contributed by atoms with E-state index in [-0.39, 0.29) is 17.9 Å². The minimum Gasteiger partial charge on any atom is -0.504 e. The number of aryl methyl sites for hydroxylation is 2. The lowest BCUT2D eigenvalue weighted by Gasteiger charge is -2.62. The van der Waals surface area contributed by atoms with Gasteiger partial charge in [-0.3, -0.25) is 0 Å². The molecule has 31 heavy (non-hydrogen) atoms. The molecule has 5 nitrogen and oxygen atoms in total. The van der Waals surface area contributed by atoms with Gasteiger partial charge < -0.3 is 24.4 Å². The standard InChI is InChI=1S/C26H26N2O3/c1-27-11-9-25-20-15-7-8-18(29)23(20)31-24(25)22-17(13-26(25,30)19(27)12-15)16-6-2-4-14-5-3-10-28(22)21(14)16/h2,4,6-8,19,24,29-30H,3,5,9-13H2,1H3/t19-,24?,25+,26-/m1/s1. The van der Waals surface area contributed by atoms with Crippen LogP contribution in [0.2, 0.25) is 0 Å². The van der Waals surface area contributed by atoms with E-state index in [0.29, 0.717) is 12.2 Å². The Morgan fingerprint density at radius 1 is 1.13 bits per heavy atom. The van der Waals surface area contributed by atoms with Crippen molar-refractivity contribution in [3.05, 3.63) is 58.3 Å². The van der Waals surface area contributed by atoms with Crippen molar-refractivity contribution in [3.63, 3.8) is 0 Å². The van der Waals surface area contributed by atoms with Gasteiger partial charge in [-0.05, 0) is 62.0 Å². The molecule has 1 fully saturated rings. The van der Waals surface area contributed by atoms with E-state index in [4.69, 9.17) is 4.74 Å². The average Bonchev–Trinajstić information content (AvgIpc) is 3.27. The Labute approximate surface area is 180 Å². The summed E-state index contributed by atoms with van der Waals surface area (Å²) in [6.45, 7) is 1.93. The molecule has 1 saturated heterocycles. The zero-order valence-corrected chi connectivity index (χ0v) is 17.7. The number of benzene rings is 2. The van der Waals surface area contributed by atoms with Crippen LogP contribution >= 0.6 is 0 Å². The summed E-state index contributed by atoms with van der Waals surface area (Å²) < 4.78 is 9.22. The monoisotopic (exact) mass is 414 g/mol. The zero-order chi connectivity index (χ0) is 20.7. The van der Waals surface area contributed by atoms with Gasteiger partial charge in [0, 0.05) is 30.0 Å². The lowest BCUT2D eigenvalue weighted by atomic mass is 9.49. The van der Waals surface area contributed by atoms with Gasteiger partial charge in [0.15, 0.2) is 17.6 Å². The number of aliphatic hydroxyl groups is 1. The van der Waals surface area contributed by atoms with Gasteiger partial charge in [0.1, 0.15) is 0 Å². The fraction of sp³-hybridized carbons (Fsp3) is 0.462. The van der Waals surface area contributed by atoms with E-state index >= 15 is 0 Å². The molecule has 5 aliphatic rings. The molecule has 8 rings (SSSR count). The predicted octanol–water partition coefficient (Wildman–Crippen LogP) is 3.21. The molecule has 0 radical (unpaired) electrons. The van der Waals surface area contributed by atoms with Crippen LogP contribution in [0.1, 0.15) is 46.9 Å². The van der Waals surface area contributed by atoms with Crippen LogP contribution in [0.25, 0.3) is 10.9 Å². The van der Waals surface area contributed by atoms with Gasteiger partial charge in [-0.2, -0.15) is 0 Å². The van der Waals surface area contributed by atoms with E-state index in [1.165, 1.54) is 33.3 Å². The molecule has 2 aromatic carbocycles. The molecule has 3 aromatic rings. The molecule has 1 aromatic heterocycles. The molecule has 2 aliphatic carbocycles. The molecule has 4 heterocycles. The van der Waals surface area contributed by atoms with Gasteiger partial charge in [-0.25, -0.2) is 0 Å². The normalized spacial score (nSPS) is 34.4. The van der Waals surface area contributed by atoms with Gasteiger partial charge in [-0.1, -0.05) is 24.3 Å². The molecule has 2 bridgehead atoms. The first-order chi connectivity index (χ1) is 15.0. The lowest BCUT2D eigenvalue weighted by molar-refractivity contribution is -0.168. The molecule has 158 valence electrons. The summed E-state index contributed by atoms with van der Waals surface area (Å²) in [6, 6.07) is 10.5. The third kappa shape index (κ3) is 1.64. The Bertz CT molecular complexity index is 1330. The summed E-state index contributed by atoms with van der Waals surface area (Å²) in [4.78, 5) is 2.35. The van der Waals surface area contributed by atoms with Crippen LogP contribution in [-0.4, -0.2) is 44.9 Å². The van der Waals surface area contributed by atoms with E-state index in [1.54, 1.807) is 6.07 Å². The maximum absolute atomic E-state index is 12.6. The molecule has 1 unspecified atom stereocenters. The van der Waals surface area contributed by atoms with Crippen LogP contribution in [0, 0.1) is 0 Å². The summed E-state index contributed by atoms with van der Waals surface area (Å²) in [7, 11) is 2.15. The van der Waals surface area contributed by atoms with Gasteiger partial charge in [0.25, 0.3) is 0 Å². The zero-order valence-electron chi connectivity index (χ0n) is 17.7. The fourth-order valence-corrected chi connectivity index (χ4v) is 8.12. The number of piperidine rings is 1. The number of rotatable bonds is 0. The molecule has 0 amide bonds. The topological polar surface area (TPSA) is 57.9 Å². The second-order valence-electron chi connectivity index (χ2n) is 10.4. The summed E-state index contributed by atoms with van der Waals surface area (Å²) in [6.07, 6.45) is 4.28. The van der Waals surface area contributed by atoms with E-state index in [9.17, 15) is 10.2 Å². The Morgan fingerprint density at radius 2 is 2.03 bits per heavy atom. The third-order valence-electron chi connectivity index (χ3n) is 9.32. The predicted molar refractivity (Wildman–Crippen MR) is 117 cm³/mol. The van der Waals surface area contributed by atoms with Crippen molar-refractivity contribution in [1.29, 1.82) is 0 Å². The van der Waals surface area contributed by atoms with E-state index < -0.39 is 11.0 Å². The molecule has 2 N–H and O–H groups in total. The number of ether oxygens (including phenoxy) is 1. The maximum Gasteiger partial charge on any atom is 0.166 e. The number of phenolic OH excluding ortho intramolecular Hbond substituents is 1. The number of nitrogens with zero attached hydrogens (tertiary/aromatic N) is 2. The molecule has 3 aliphatic heterocycles. The Balaban J connectivity index is 1.53. The highest BCUT2D eigenvalue weighted by Gasteiger charge is 2.72. The van der Waals surface area contributed by atoms with Crippen LogP contribution in [-0.2, 0) is 31.2 Å².